The fourth-order valence-electron chi connectivity index (χ4n) is 7.45. The Balaban J connectivity index is 1.22. The van der Waals surface area contributed by atoms with Crippen LogP contribution in [0.25, 0.3) is 66.3 Å². The van der Waals surface area contributed by atoms with Crippen LogP contribution in [0.15, 0.2) is 185 Å². The Morgan fingerprint density at radius 1 is 0.520 bits per heavy atom. The summed E-state index contributed by atoms with van der Waals surface area (Å²) in [5.74, 6) is 0. The maximum atomic E-state index is 6.54. The van der Waals surface area contributed by atoms with E-state index in [1.807, 2.05) is 12.1 Å². The van der Waals surface area contributed by atoms with E-state index in [0.717, 1.165) is 77.9 Å². The molecule has 7 aromatic carbocycles. The fraction of sp³-hybridized carbons (Fsp3) is 0.0217. The number of furan rings is 1. The van der Waals surface area contributed by atoms with Gasteiger partial charge in [-0.25, -0.2) is 0 Å². The van der Waals surface area contributed by atoms with Gasteiger partial charge < -0.3 is 14.3 Å². The van der Waals surface area contributed by atoms with Crippen LogP contribution in [0.1, 0.15) is 22.9 Å². The summed E-state index contributed by atoms with van der Waals surface area (Å²) in [7, 11) is 0. The summed E-state index contributed by atoms with van der Waals surface area (Å²) in [6.07, 6.45) is 1.97. The van der Waals surface area contributed by atoms with Gasteiger partial charge in [0.25, 0.3) is 0 Å². The molecule has 1 aliphatic heterocycles. The Hall–Kier alpha value is -6.65. The Morgan fingerprint density at radius 3 is 1.98 bits per heavy atom. The lowest BCUT2D eigenvalue weighted by atomic mass is 10.0. The number of para-hydroxylation sites is 2. The number of hydrogen-bond acceptors (Lipinski definition) is 3. The summed E-state index contributed by atoms with van der Waals surface area (Å²) in [6.45, 7) is 0. The van der Waals surface area contributed by atoms with E-state index in [1.54, 1.807) is 0 Å². The minimum Gasteiger partial charge on any atom is -0.455 e. The van der Waals surface area contributed by atoms with Crippen LogP contribution in [-0.4, -0.2) is 10.3 Å². The highest BCUT2D eigenvalue weighted by Crippen LogP contribution is 2.41. The molecule has 0 saturated carbocycles. The third-order valence-corrected chi connectivity index (χ3v) is 9.82. The smallest absolute Gasteiger partial charge is 0.145 e. The van der Waals surface area contributed by atoms with Crippen molar-refractivity contribution in [2.45, 2.75) is 6.17 Å². The highest BCUT2D eigenvalue weighted by Gasteiger charge is 2.22. The van der Waals surface area contributed by atoms with E-state index in [9.17, 15) is 0 Å². The second kappa shape index (κ2) is 11.5. The number of aromatic nitrogens is 1. The normalized spacial score (nSPS) is 14.6. The number of hydrogen-bond donors (Lipinski definition) is 1. The number of fused-ring (bicyclic) bond motifs is 6. The summed E-state index contributed by atoms with van der Waals surface area (Å²) in [6, 6.07) is 59.8. The van der Waals surface area contributed by atoms with Crippen LogP contribution in [-0.2, 0) is 0 Å². The topological polar surface area (TPSA) is 42.5 Å². The minimum atomic E-state index is -0.210. The molecular weight excluding hydrogens is 611 g/mol. The standard InChI is InChI=1S/C46H31N3O/c1-4-14-30(15-5-1)38-27-34(28-39-37-21-11-13-23-44(37)50-45(38)39)49-42-22-12-10-20-35(42)36-25-24-33(26-43(36)49)41-29-40(31-16-6-2-7-17-31)47-46(48-41)32-18-8-3-9-19-32/h1-29,46-47H. The molecule has 0 bridgehead atoms. The van der Waals surface area contributed by atoms with Gasteiger partial charge in [-0.2, -0.15) is 0 Å². The molecule has 1 N–H and O–H groups in total. The molecule has 4 nitrogen and oxygen atoms in total. The average molecular weight is 642 g/mol. The molecule has 10 rings (SSSR count). The van der Waals surface area contributed by atoms with Crippen LogP contribution in [0.2, 0.25) is 0 Å². The molecule has 1 aliphatic rings. The van der Waals surface area contributed by atoms with Crippen LogP contribution in [0.3, 0.4) is 0 Å². The molecule has 236 valence electrons. The fourth-order valence-corrected chi connectivity index (χ4v) is 7.45. The van der Waals surface area contributed by atoms with Crippen LogP contribution in [0.5, 0.6) is 0 Å². The zero-order valence-electron chi connectivity index (χ0n) is 27.1. The second-order valence-corrected chi connectivity index (χ2v) is 12.8. The molecule has 3 heterocycles. The molecule has 2 aromatic heterocycles. The van der Waals surface area contributed by atoms with Gasteiger partial charge in [0.15, 0.2) is 0 Å². The van der Waals surface area contributed by atoms with Crippen molar-refractivity contribution in [3.8, 4) is 16.8 Å². The zero-order chi connectivity index (χ0) is 33.0. The van der Waals surface area contributed by atoms with Gasteiger partial charge in [0.1, 0.15) is 17.3 Å². The van der Waals surface area contributed by atoms with Crippen molar-refractivity contribution in [2.75, 3.05) is 0 Å². The van der Waals surface area contributed by atoms with Crippen molar-refractivity contribution in [1.82, 2.24) is 9.88 Å². The molecule has 0 saturated heterocycles. The van der Waals surface area contributed by atoms with Gasteiger partial charge in [0.05, 0.1) is 16.7 Å². The Bertz CT molecular complexity index is 2770. The lowest BCUT2D eigenvalue weighted by molar-refractivity contribution is 0.664. The van der Waals surface area contributed by atoms with Gasteiger partial charge in [-0.05, 0) is 53.1 Å². The maximum Gasteiger partial charge on any atom is 0.145 e. The number of rotatable bonds is 5. The summed E-state index contributed by atoms with van der Waals surface area (Å²) in [5, 5.41) is 8.31. The van der Waals surface area contributed by atoms with E-state index in [0.29, 0.717) is 0 Å². The second-order valence-electron chi connectivity index (χ2n) is 12.8. The predicted octanol–water partition coefficient (Wildman–Crippen LogP) is 11.5. The Morgan fingerprint density at radius 2 is 1.18 bits per heavy atom. The molecule has 0 spiro atoms. The lowest BCUT2D eigenvalue weighted by Gasteiger charge is -2.25. The van der Waals surface area contributed by atoms with E-state index < -0.39 is 0 Å². The monoisotopic (exact) mass is 641 g/mol. The molecular formula is C46H31N3O. The molecule has 9 aromatic rings. The quantitative estimate of drug-likeness (QED) is 0.203. The van der Waals surface area contributed by atoms with Gasteiger partial charge in [0.2, 0.25) is 0 Å². The third kappa shape index (κ3) is 4.65. The molecule has 1 atom stereocenters. The van der Waals surface area contributed by atoms with Gasteiger partial charge in [-0.15, -0.1) is 0 Å². The zero-order valence-corrected chi connectivity index (χ0v) is 27.1. The maximum absolute atomic E-state index is 6.54. The molecule has 4 heteroatoms. The predicted molar refractivity (Wildman–Crippen MR) is 207 cm³/mol. The van der Waals surface area contributed by atoms with Crippen molar-refractivity contribution < 1.29 is 4.42 Å². The highest BCUT2D eigenvalue weighted by atomic mass is 16.3. The van der Waals surface area contributed by atoms with E-state index in [2.05, 4.69) is 174 Å². The van der Waals surface area contributed by atoms with Crippen LogP contribution in [0, 0.1) is 0 Å². The summed E-state index contributed by atoms with van der Waals surface area (Å²) in [4.78, 5) is 5.29. The van der Waals surface area contributed by atoms with Gasteiger partial charge in [-0.3, -0.25) is 4.99 Å². The van der Waals surface area contributed by atoms with Crippen molar-refractivity contribution >= 4 is 55.2 Å². The summed E-state index contributed by atoms with van der Waals surface area (Å²) in [5.41, 5.74) is 12.7. The van der Waals surface area contributed by atoms with Crippen LogP contribution < -0.4 is 5.32 Å². The molecule has 0 radical (unpaired) electrons. The van der Waals surface area contributed by atoms with E-state index in [-0.39, 0.29) is 6.17 Å². The SMILES string of the molecule is C1=C(c2ccccc2)NC(c2ccccc2)N=C1c1ccc2c3ccccc3n(-c3cc(-c4ccccc4)c4oc5ccccc5c4c3)c2c1. The molecule has 0 aliphatic carbocycles. The number of nitrogens with zero attached hydrogens (tertiary/aromatic N) is 2. The van der Waals surface area contributed by atoms with Crippen LogP contribution in [0.4, 0.5) is 0 Å². The Labute approximate surface area is 289 Å². The third-order valence-electron chi connectivity index (χ3n) is 9.82. The van der Waals surface area contributed by atoms with E-state index >= 15 is 0 Å². The lowest BCUT2D eigenvalue weighted by Crippen LogP contribution is -2.24. The summed E-state index contributed by atoms with van der Waals surface area (Å²) < 4.78 is 8.94. The molecule has 50 heavy (non-hydrogen) atoms. The number of aliphatic imine (C=N–C) groups is 1. The molecule has 0 fully saturated rings. The first-order valence-electron chi connectivity index (χ1n) is 17.0. The number of allylic oxidation sites excluding steroid dienone is 1. The highest BCUT2D eigenvalue weighted by molar-refractivity contribution is 6.17. The first kappa shape index (κ1) is 28.4. The largest absolute Gasteiger partial charge is 0.455 e. The van der Waals surface area contributed by atoms with Gasteiger partial charge >= 0.3 is 0 Å². The van der Waals surface area contributed by atoms with Crippen molar-refractivity contribution in [3.05, 3.63) is 193 Å². The first-order valence-corrected chi connectivity index (χ1v) is 17.0. The van der Waals surface area contributed by atoms with Gasteiger partial charge in [-0.1, -0.05) is 140 Å². The number of benzene rings is 7. The van der Waals surface area contributed by atoms with Gasteiger partial charge in [0, 0.05) is 44.1 Å². The van der Waals surface area contributed by atoms with E-state index in [4.69, 9.17) is 9.41 Å². The minimum absolute atomic E-state index is 0.210. The summed E-state index contributed by atoms with van der Waals surface area (Å²) >= 11 is 0. The number of nitrogens with one attached hydrogen (secondary N) is 1. The molecule has 0 amide bonds. The average Bonchev–Trinajstić information content (AvgIpc) is 3.74. The van der Waals surface area contributed by atoms with E-state index in [1.165, 1.54) is 10.8 Å². The van der Waals surface area contributed by atoms with Crippen molar-refractivity contribution in [2.24, 2.45) is 4.99 Å². The molecule has 1 unspecified atom stereocenters. The van der Waals surface area contributed by atoms with Crippen molar-refractivity contribution in [1.29, 1.82) is 0 Å². The Kier molecular flexibility index (Phi) is 6.53. The first-order chi connectivity index (χ1) is 24.8. The van der Waals surface area contributed by atoms with Crippen LogP contribution >= 0.6 is 0 Å². The van der Waals surface area contributed by atoms with Crippen molar-refractivity contribution in [3.63, 3.8) is 0 Å².